The van der Waals surface area contributed by atoms with Gasteiger partial charge in [0.1, 0.15) is 5.75 Å². The van der Waals surface area contributed by atoms with Gasteiger partial charge in [-0.05, 0) is 49.9 Å². The van der Waals surface area contributed by atoms with Crippen LogP contribution in [0.1, 0.15) is 37.5 Å². The number of carbonyl (C=O) groups is 1. The molecule has 1 aromatic rings. The van der Waals surface area contributed by atoms with E-state index in [2.05, 4.69) is 5.32 Å². The van der Waals surface area contributed by atoms with Crippen molar-refractivity contribution in [1.29, 1.82) is 0 Å². The molecule has 1 unspecified atom stereocenters. The number of aryl methyl sites for hydroxylation is 1. The van der Waals surface area contributed by atoms with Crippen molar-refractivity contribution >= 4 is 5.91 Å². The van der Waals surface area contributed by atoms with E-state index in [0.717, 1.165) is 24.0 Å². The highest BCUT2D eigenvalue weighted by Gasteiger charge is 2.20. The van der Waals surface area contributed by atoms with Gasteiger partial charge in [-0.2, -0.15) is 0 Å². The minimum absolute atomic E-state index is 0.0273. The van der Waals surface area contributed by atoms with Crippen LogP contribution < -0.4 is 10.1 Å². The molecule has 1 aliphatic carbocycles. The van der Waals surface area contributed by atoms with Crippen LogP contribution in [0.5, 0.6) is 5.75 Å². The lowest BCUT2D eigenvalue weighted by Crippen LogP contribution is -2.34. The van der Waals surface area contributed by atoms with E-state index < -0.39 is 0 Å². The first-order valence-corrected chi connectivity index (χ1v) is 6.29. The van der Waals surface area contributed by atoms with Crippen molar-refractivity contribution < 1.29 is 14.6 Å². The maximum Gasteiger partial charge on any atom is 0.258 e. The lowest BCUT2D eigenvalue weighted by Gasteiger charge is -2.11. The van der Waals surface area contributed by atoms with E-state index in [1.54, 1.807) is 6.07 Å². The van der Waals surface area contributed by atoms with Crippen LogP contribution in [0.25, 0.3) is 0 Å². The Morgan fingerprint density at radius 2 is 2.33 bits per heavy atom. The molecule has 18 heavy (non-hydrogen) atoms. The SMILES string of the molecule is CC(C)NC(=O)COc1ccc2c(c1)CCC2O. The van der Waals surface area contributed by atoms with Crippen LogP contribution >= 0.6 is 0 Å². The van der Waals surface area contributed by atoms with Gasteiger partial charge in [0, 0.05) is 6.04 Å². The number of carbonyl (C=O) groups excluding carboxylic acids is 1. The lowest BCUT2D eigenvalue weighted by atomic mass is 10.1. The van der Waals surface area contributed by atoms with Crippen LogP contribution in [0, 0.1) is 0 Å². The third-order valence-corrected chi connectivity index (χ3v) is 2.98. The van der Waals surface area contributed by atoms with Gasteiger partial charge in [0.05, 0.1) is 6.10 Å². The zero-order valence-corrected chi connectivity index (χ0v) is 10.8. The molecule has 0 spiro atoms. The van der Waals surface area contributed by atoms with Crippen molar-refractivity contribution in [2.75, 3.05) is 6.61 Å². The van der Waals surface area contributed by atoms with E-state index in [0.29, 0.717) is 5.75 Å². The Morgan fingerprint density at radius 3 is 3.06 bits per heavy atom. The summed E-state index contributed by atoms with van der Waals surface area (Å²) in [7, 11) is 0. The molecular formula is C14H19NO3. The zero-order chi connectivity index (χ0) is 13.1. The number of amides is 1. The molecule has 0 bridgehead atoms. The Hall–Kier alpha value is -1.55. The first kappa shape index (κ1) is 12.9. The second-order valence-electron chi connectivity index (χ2n) is 4.93. The third kappa shape index (κ3) is 3.01. The molecule has 4 nitrogen and oxygen atoms in total. The highest BCUT2D eigenvalue weighted by molar-refractivity contribution is 5.77. The topological polar surface area (TPSA) is 58.6 Å². The Bertz CT molecular complexity index is 443. The van der Waals surface area contributed by atoms with Gasteiger partial charge in [-0.25, -0.2) is 0 Å². The molecule has 1 aliphatic rings. The average Bonchev–Trinajstić information content (AvgIpc) is 2.67. The standard InChI is InChI=1S/C14H19NO3/c1-9(2)15-14(17)8-18-11-4-5-12-10(7-11)3-6-13(12)16/h4-5,7,9,13,16H,3,6,8H2,1-2H3,(H,15,17). The van der Waals surface area contributed by atoms with Crippen LogP contribution in [-0.4, -0.2) is 23.7 Å². The summed E-state index contributed by atoms with van der Waals surface area (Å²) in [4.78, 5) is 11.4. The predicted octanol–water partition coefficient (Wildman–Crippen LogP) is 1.57. The highest BCUT2D eigenvalue weighted by Crippen LogP contribution is 2.33. The molecule has 4 heteroatoms. The maximum atomic E-state index is 11.4. The molecule has 0 saturated heterocycles. The van der Waals surface area contributed by atoms with E-state index in [1.807, 2.05) is 26.0 Å². The Labute approximate surface area is 107 Å². The highest BCUT2D eigenvalue weighted by atomic mass is 16.5. The van der Waals surface area contributed by atoms with Gasteiger partial charge in [0.2, 0.25) is 0 Å². The normalized spacial score (nSPS) is 17.7. The third-order valence-electron chi connectivity index (χ3n) is 2.98. The molecule has 0 aromatic heterocycles. The number of fused-ring (bicyclic) bond motifs is 1. The van der Waals surface area contributed by atoms with Gasteiger partial charge in [0.25, 0.3) is 5.91 Å². The van der Waals surface area contributed by atoms with Gasteiger partial charge >= 0.3 is 0 Å². The molecule has 0 aliphatic heterocycles. The smallest absolute Gasteiger partial charge is 0.258 e. The molecule has 2 N–H and O–H groups in total. The first-order valence-electron chi connectivity index (χ1n) is 6.29. The average molecular weight is 249 g/mol. The second kappa shape index (κ2) is 5.40. The van der Waals surface area contributed by atoms with E-state index in [1.165, 1.54) is 0 Å². The van der Waals surface area contributed by atoms with E-state index in [9.17, 15) is 9.90 Å². The summed E-state index contributed by atoms with van der Waals surface area (Å²) >= 11 is 0. The number of nitrogens with one attached hydrogen (secondary N) is 1. The second-order valence-corrected chi connectivity index (χ2v) is 4.93. The fourth-order valence-electron chi connectivity index (χ4n) is 2.17. The van der Waals surface area contributed by atoms with Gasteiger partial charge in [-0.15, -0.1) is 0 Å². The number of hydrogen-bond acceptors (Lipinski definition) is 3. The molecule has 1 aromatic carbocycles. The summed E-state index contributed by atoms with van der Waals surface area (Å²) in [5.41, 5.74) is 2.10. The van der Waals surface area contributed by atoms with Crippen molar-refractivity contribution in [3.63, 3.8) is 0 Å². The number of rotatable bonds is 4. The minimum Gasteiger partial charge on any atom is -0.484 e. The molecule has 1 amide bonds. The quantitative estimate of drug-likeness (QED) is 0.851. The fraction of sp³-hybridized carbons (Fsp3) is 0.500. The Kier molecular flexibility index (Phi) is 3.87. The van der Waals surface area contributed by atoms with Crippen LogP contribution in [0.15, 0.2) is 18.2 Å². The number of ether oxygens (including phenoxy) is 1. The summed E-state index contributed by atoms with van der Waals surface area (Å²) < 4.78 is 5.44. The monoisotopic (exact) mass is 249 g/mol. The molecule has 98 valence electrons. The van der Waals surface area contributed by atoms with E-state index in [-0.39, 0.29) is 24.7 Å². The molecule has 2 rings (SSSR count). The number of benzene rings is 1. The number of aliphatic hydroxyl groups excluding tert-OH is 1. The van der Waals surface area contributed by atoms with Crippen molar-refractivity contribution in [1.82, 2.24) is 5.32 Å². The van der Waals surface area contributed by atoms with E-state index >= 15 is 0 Å². The van der Waals surface area contributed by atoms with Crippen molar-refractivity contribution in [3.8, 4) is 5.75 Å². The van der Waals surface area contributed by atoms with E-state index in [4.69, 9.17) is 4.74 Å². The molecule has 0 fully saturated rings. The number of aliphatic hydroxyl groups is 1. The Morgan fingerprint density at radius 1 is 1.56 bits per heavy atom. The summed E-state index contributed by atoms with van der Waals surface area (Å²) in [5, 5.41) is 12.5. The van der Waals surface area contributed by atoms with Crippen molar-refractivity contribution in [3.05, 3.63) is 29.3 Å². The van der Waals surface area contributed by atoms with Crippen LogP contribution in [0.3, 0.4) is 0 Å². The van der Waals surface area contributed by atoms with Gasteiger partial charge in [-0.3, -0.25) is 4.79 Å². The summed E-state index contributed by atoms with van der Waals surface area (Å²) in [6.07, 6.45) is 1.29. The lowest BCUT2D eigenvalue weighted by molar-refractivity contribution is -0.123. The van der Waals surface area contributed by atoms with Gasteiger partial charge in [0.15, 0.2) is 6.61 Å². The minimum atomic E-state index is -0.349. The predicted molar refractivity (Wildman–Crippen MR) is 68.5 cm³/mol. The molecule has 0 radical (unpaired) electrons. The van der Waals surface area contributed by atoms with Crippen LogP contribution in [0.4, 0.5) is 0 Å². The Balaban J connectivity index is 1.93. The summed E-state index contributed by atoms with van der Waals surface area (Å²) in [5.74, 6) is 0.562. The fourth-order valence-corrected chi connectivity index (χ4v) is 2.17. The number of hydrogen-bond donors (Lipinski definition) is 2. The van der Waals surface area contributed by atoms with Crippen LogP contribution in [-0.2, 0) is 11.2 Å². The zero-order valence-electron chi connectivity index (χ0n) is 10.8. The molecule has 1 atom stereocenters. The van der Waals surface area contributed by atoms with Crippen molar-refractivity contribution in [2.45, 2.75) is 38.8 Å². The maximum absolute atomic E-state index is 11.4. The molecule has 0 saturated carbocycles. The molecule has 0 heterocycles. The summed E-state index contributed by atoms with van der Waals surface area (Å²) in [6.45, 7) is 3.85. The van der Waals surface area contributed by atoms with Crippen molar-refractivity contribution in [2.24, 2.45) is 0 Å². The van der Waals surface area contributed by atoms with Gasteiger partial charge < -0.3 is 15.2 Å². The van der Waals surface area contributed by atoms with Crippen LogP contribution in [0.2, 0.25) is 0 Å². The first-order chi connectivity index (χ1) is 8.56. The molecular weight excluding hydrogens is 230 g/mol. The van der Waals surface area contributed by atoms with Gasteiger partial charge in [-0.1, -0.05) is 6.07 Å². The summed E-state index contributed by atoms with van der Waals surface area (Å²) in [6, 6.07) is 5.71. The largest absolute Gasteiger partial charge is 0.484 e.